The number of fused-ring (bicyclic) bond motifs is 3. The van der Waals surface area contributed by atoms with E-state index in [-0.39, 0.29) is 16.9 Å². The Kier molecular flexibility index (Phi) is 9.25. The Morgan fingerprint density at radius 2 is 1.80 bits per heavy atom. The van der Waals surface area contributed by atoms with E-state index in [1.165, 1.54) is 16.1 Å². The summed E-state index contributed by atoms with van der Waals surface area (Å²) >= 11 is 1.03. The van der Waals surface area contributed by atoms with Crippen molar-refractivity contribution in [2.45, 2.75) is 52.0 Å². The molecule has 0 amide bonds. The highest BCUT2D eigenvalue weighted by Crippen LogP contribution is 2.39. The normalized spacial score (nSPS) is 22.0. The molecule has 11 nitrogen and oxygen atoms in total. The van der Waals surface area contributed by atoms with E-state index in [1.807, 2.05) is 6.07 Å². The standard InChI is InChI=1S/C34H42F3N9O2S2/c1-21(43-8-10-45(11-9-43)50(3,47)48)16-46-26(15-38)12-28-22(2)23(4-5-30(28)46)17-42-18-24-6-7-44(20-25(24)19-42)31-29-13-27(14-34(35,36)37)49-32(29)41-33(39)40-31/h4-5,12-13,21,24-25H,6-11,14,16-20H2,1-3H3,(H2,39,40,41)/t21-,24?,25?/m0/s1. The second-order valence-electron chi connectivity index (χ2n) is 14.2. The van der Waals surface area contributed by atoms with Crippen LogP contribution in [-0.2, 0) is 29.5 Å². The molecule has 1 aromatic carbocycles. The molecule has 0 aliphatic carbocycles. The number of hydrogen-bond donors (Lipinski definition) is 1. The minimum atomic E-state index is -4.30. The molecule has 0 saturated carbocycles. The Balaban J connectivity index is 1.03. The van der Waals surface area contributed by atoms with E-state index in [0.717, 1.165) is 66.9 Å². The lowest BCUT2D eigenvalue weighted by Gasteiger charge is -2.37. The highest BCUT2D eigenvalue weighted by molar-refractivity contribution is 7.88. The van der Waals surface area contributed by atoms with Crippen LogP contribution in [0.5, 0.6) is 0 Å². The summed E-state index contributed by atoms with van der Waals surface area (Å²) in [5.41, 5.74) is 10.0. The number of likely N-dealkylation sites (tertiary alicyclic amines) is 1. The summed E-state index contributed by atoms with van der Waals surface area (Å²) in [6, 6.07) is 10.4. The number of sulfonamides is 1. The summed E-state index contributed by atoms with van der Waals surface area (Å²) in [6.45, 7) is 11.3. The van der Waals surface area contributed by atoms with Crippen LogP contribution in [0.15, 0.2) is 24.3 Å². The third-order valence-corrected chi connectivity index (χ3v) is 13.1. The molecule has 2 N–H and O–H groups in total. The highest BCUT2D eigenvalue weighted by Gasteiger charge is 2.38. The maximum absolute atomic E-state index is 13.1. The van der Waals surface area contributed by atoms with Crippen molar-refractivity contribution in [1.29, 1.82) is 5.26 Å². The van der Waals surface area contributed by atoms with Crippen molar-refractivity contribution >= 4 is 54.2 Å². The predicted octanol–water partition coefficient (Wildman–Crippen LogP) is 4.44. The van der Waals surface area contributed by atoms with Crippen molar-refractivity contribution in [3.63, 3.8) is 0 Å². The fraction of sp³-hybridized carbons (Fsp3) is 0.559. The predicted molar refractivity (Wildman–Crippen MR) is 190 cm³/mol. The molecule has 16 heteroatoms. The Morgan fingerprint density at radius 3 is 2.50 bits per heavy atom. The number of piperidine rings is 1. The smallest absolute Gasteiger partial charge is 0.368 e. The Bertz CT molecular complexity index is 2070. The van der Waals surface area contributed by atoms with Crippen LogP contribution in [-0.4, -0.2) is 108 Å². The third kappa shape index (κ3) is 7.03. The molecule has 6 heterocycles. The molecule has 0 radical (unpaired) electrons. The first-order valence-corrected chi connectivity index (χ1v) is 19.6. The van der Waals surface area contributed by atoms with E-state index >= 15 is 0 Å². The lowest BCUT2D eigenvalue weighted by molar-refractivity contribution is -0.126. The van der Waals surface area contributed by atoms with Crippen LogP contribution >= 0.6 is 11.3 Å². The number of nitrogen functional groups attached to an aromatic ring is 1. The van der Waals surface area contributed by atoms with Crippen LogP contribution in [0.1, 0.15) is 35.0 Å². The third-order valence-electron chi connectivity index (χ3n) is 10.8. The lowest BCUT2D eigenvalue weighted by Crippen LogP contribution is -2.51. The van der Waals surface area contributed by atoms with Gasteiger partial charge in [0.2, 0.25) is 16.0 Å². The second-order valence-corrected chi connectivity index (χ2v) is 17.3. The van der Waals surface area contributed by atoms with Crippen LogP contribution in [0.25, 0.3) is 21.1 Å². The molecule has 0 bridgehead atoms. The lowest BCUT2D eigenvalue weighted by atomic mass is 9.88. The van der Waals surface area contributed by atoms with E-state index in [0.29, 0.717) is 66.3 Å². The molecule has 4 aromatic rings. The number of aryl methyl sites for hydroxylation is 1. The van der Waals surface area contributed by atoms with Gasteiger partial charge in [0.05, 0.1) is 18.1 Å². The summed E-state index contributed by atoms with van der Waals surface area (Å²) < 4.78 is 66.9. The van der Waals surface area contributed by atoms with Gasteiger partial charge in [-0.1, -0.05) is 6.07 Å². The van der Waals surface area contributed by atoms with Gasteiger partial charge in [0.1, 0.15) is 22.4 Å². The quantitative estimate of drug-likeness (QED) is 0.280. The van der Waals surface area contributed by atoms with Crippen LogP contribution in [0, 0.1) is 30.1 Å². The molecule has 7 rings (SSSR count). The Labute approximate surface area is 294 Å². The maximum Gasteiger partial charge on any atom is 0.393 e. The minimum Gasteiger partial charge on any atom is -0.368 e. The minimum absolute atomic E-state index is 0.0734. The van der Waals surface area contributed by atoms with E-state index in [4.69, 9.17) is 5.73 Å². The monoisotopic (exact) mass is 729 g/mol. The van der Waals surface area contributed by atoms with Crippen molar-refractivity contribution < 1.29 is 21.6 Å². The van der Waals surface area contributed by atoms with Crippen LogP contribution < -0.4 is 10.6 Å². The van der Waals surface area contributed by atoms with Crippen LogP contribution in [0.3, 0.4) is 0 Å². The van der Waals surface area contributed by atoms with Gasteiger partial charge in [-0.15, -0.1) is 11.3 Å². The number of thiophene rings is 1. The zero-order valence-corrected chi connectivity index (χ0v) is 30.1. The molecule has 268 valence electrons. The molecule has 3 aromatic heterocycles. The molecule has 2 unspecified atom stereocenters. The summed E-state index contributed by atoms with van der Waals surface area (Å²) in [5, 5.41) is 11.8. The first-order valence-electron chi connectivity index (χ1n) is 17.0. The van der Waals surface area contributed by atoms with Crippen molar-refractivity contribution in [3.8, 4) is 6.07 Å². The summed E-state index contributed by atoms with van der Waals surface area (Å²) in [5.74, 6) is 1.60. The summed E-state index contributed by atoms with van der Waals surface area (Å²) in [4.78, 5) is 16.4. The van der Waals surface area contributed by atoms with E-state index in [2.05, 4.69) is 61.3 Å². The Morgan fingerprint density at radius 1 is 1.06 bits per heavy atom. The van der Waals surface area contributed by atoms with E-state index in [1.54, 1.807) is 6.07 Å². The van der Waals surface area contributed by atoms with Gasteiger partial charge in [0, 0.05) is 87.3 Å². The number of alkyl halides is 3. The maximum atomic E-state index is 13.1. The van der Waals surface area contributed by atoms with Gasteiger partial charge in [0.25, 0.3) is 0 Å². The number of nitrogens with two attached hydrogens (primary N) is 1. The molecular formula is C34H42F3N9O2S2. The SMILES string of the molecule is Cc1c(CN2CC3CCN(c4nc(N)nc5sc(CC(F)(F)F)cc45)CC3C2)ccc2c1cc(C#N)n2C[C@H](C)N1CCN(S(C)(=O)=O)CC1. The summed E-state index contributed by atoms with van der Waals surface area (Å²) in [6.07, 6.45) is -3.08. The van der Waals surface area contributed by atoms with Crippen molar-refractivity contribution in [2.75, 3.05) is 69.2 Å². The van der Waals surface area contributed by atoms with Gasteiger partial charge < -0.3 is 15.2 Å². The first-order chi connectivity index (χ1) is 23.7. The molecule has 0 spiro atoms. The molecule has 3 saturated heterocycles. The fourth-order valence-corrected chi connectivity index (χ4v) is 10.1. The summed E-state index contributed by atoms with van der Waals surface area (Å²) in [7, 11) is -3.20. The highest BCUT2D eigenvalue weighted by atomic mass is 32.2. The average Bonchev–Trinajstić information content (AvgIpc) is 3.75. The van der Waals surface area contributed by atoms with Crippen LogP contribution in [0.4, 0.5) is 24.9 Å². The van der Waals surface area contributed by atoms with Gasteiger partial charge in [-0.3, -0.25) is 9.80 Å². The zero-order chi connectivity index (χ0) is 35.5. The Hall–Kier alpha value is -3.49. The molecule has 3 atom stereocenters. The number of rotatable bonds is 8. The van der Waals surface area contributed by atoms with Gasteiger partial charge in [0.15, 0.2) is 0 Å². The number of halogens is 3. The number of anilines is 2. The zero-order valence-electron chi connectivity index (χ0n) is 28.4. The molecular weight excluding hydrogens is 688 g/mol. The first kappa shape index (κ1) is 34.9. The average molecular weight is 730 g/mol. The largest absolute Gasteiger partial charge is 0.393 e. The molecule has 3 fully saturated rings. The number of hydrogen-bond acceptors (Lipinski definition) is 10. The van der Waals surface area contributed by atoms with Crippen molar-refractivity contribution in [1.82, 2.24) is 28.6 Å². The van der Waals surface area contributed by atoms with Crippen molar-refractivity contribution in [3.05, 3.63) is 46.0 Å². The number of nitrogens with zero attached hydrogens (tertiary/aromatic N) is 8. The number of piperazine rings is 1. The van der Waals surface area contributed by atoms with E-state index in [9.17, 15) is 26.9 Å². The number of nitriles is 1. The van der Waals surface area contributed by atoms with E-state index < -0.39 is 22.6 Å². The molecule has 3 aliphatic rings. The fourth-order valence-electron chi connectivity index (χ4n) is 8.16. The van der Waals surface area contributed by atoms with Crippen LogP contribution in [0.2, 0.25) is 0 Å². The number of benzene rings is 1. The van der Waals surface area contributed by atoms with Gasteiger partial charge in [-0.2, -0.15) is 27.7 Å². The van der Waals surface area contributed by atoms with Gasteiger partial charge in [-0.05, 0) is 61.4 Å². The number of aromatic nitrogens is 3. The second kappa shape index (κ2) is 13.2. The molecule has 3 aliphatic heterocycles. The van der Waals surface area contributed by atoms with Gasteiger partial charge in [-0.25, -0.2) is 13.4 Å². The van der Waals surface area contributed by atoms with Crippen molar-refractivity contribution in [2.24, 2.45) is 11.8 Å². The topological polar surface area (TPSA) is 128 Å². The van der Waals surface area contributed by atoms with Gasteiger partial charge >= 0.3 is 6.18 Å². The molecule has 50 heavy (non-hydrogen) atoms.